The molecule has 3 aromatic heterocycles. The summed E-state index contributed by atoms with van der Waals surface area (Å²) in [4.78, 5) is 28.8. The fourth-order valence-electron chi connectivity index (χ4n) is 5.19. The Morgan fingerprint density at radius 1 is 1.10 bits per heavy atom. The molecular weight excluding hydrogens is 656 g/mol. The molecule has 258 valence electrons. The molecule has 1 fully saturated rings. The number of aromatic nitrogens is 5. The van der Waals surface area contributed by atoms with E-state index >= 15 is 4.39 Å². The van der Waals surface area contributed by atoms with Crippen molar-refractivity contribution in [2.24, 2.45) is 0 Å². The minimum atomic E-state index is -3.70. The third-order valence-electron chi connectivity index (χ3n) is 7.50. The van der Waals surface area contributed by atoms with E-state index in [1.54, 1.807) is 42.4 Å². The van der Waals surface area contributed by atoms with Gasteiger partial charge in [-0.15, -0.1) is 11.3 Å². The van der Waals surface area contributed by atoms with Crippen LogP contribution < -0.4 is 10.0 Å². The third kappa shape index (κ3) is 8.48. The number of anilines is 3. The van der Waals surface area contributed by atoms with Crippen LogP contribution in [0, 0.1) is 5.82 Å². The molecule has 0 atom stereocenters. The van der Waals surface area contributed by atoms with Crippen molar-refractivity contribution in [1.29, 1.82) is 0 Å². The number of likely N-dealkylation sites (tertiary alicyclic amines) is 1. The SMILES string of the molecule is CCCS(=O)(=O)Nc1cccc(-c2nc(C(C)(C)C)sc2-c2ccnc(Nc3cnn(C4CCN(C(=O)OC(C)(C)C)CC4)c3)n2)c1F. The van der Waals surface area contributed by atoms with Crippen LogP contribution >= 0.6 is 11.3 Å². The number of carbonyl (C=O) groups is 1. The number of halogens is 1. The molecule has 15 heteroatoms. The van der Waals surface area contributed by atoms with Crippen molar-refractivity contribution < 1.29 is 22.3 Å². The minimum absolute atomic E-state index is 0.115. The molecule has 4 heterocycles. The van der Waals surface area contributed by atoms with Gasteiger partial charge in [0.05, 0.1) is 50.6 Å². The van der Waals surface area contributed by atoms with E-state index < -0.39 is 21.4 Å². The van der Waals surface area contributed by atoms with E-state index in [-0.39, 0.29) is 34.6 Å². The predicted octanol–water partition coefficient (Wildman–Crippen LogP) is 7.37. The number of rotatable bonds is 9. The maximum absolute atomic E-state index is 15.9. The number of nitrogens with zero attached hydrogens (tertiary/aromatic N) is 6. The largest absolute Gasteiger partial charge is 0.444 e. The van der Waals surface area contributed by atoms with Gasteiger partial charge in [-0.3, -0.25) is 9.40 Å². The zero-order valence-electron chi connectivity index (χ0n) is 28.4. The van der Waals surface area contributed by atoms with Gasteiger partial charge in [0.2, 0.25) is 16.0 Å². The summed E-state index contributed by atoms with van der Waals surface area (Å²) in [5.41, 5.74) is 0.767. The fraction of sp³-hybridized carbons (Fsp3) is 0.485. The van der Waals surface area contributed by atoms with E-state index in [1.165, 1.54) is 17.4 Å². The highest BCUT2D eigenvalue weighted by Crippen LogP contribution is 2.42. The van der Waals surface area contributed by atoms with Gasteiger partial charge in [-0.1, -0.05) is 33.8 Å². The van der Waals surface area contributed by atoms with Crippen LogP contribution in [0.5, 0.6) is 0 Å². The van der Waals surface area contributed by atoms with Gasteiger partial charge >= 0.3 is 6.09 Å². The Bertz CT molecular complexity index is 1870. The average molecular weight is 699 g/mol. The molecule has 4 aromatic rings. The predicted molar refractivity (Wildman–Crippen MR) is 187 cm³/mol. The highest BCUT2D eigenvalue weighted by atomic mass is 32.2. The zero-order valence-corrected chi connectivity index (χ0v) is 30.0. The third-order valence-corrected chi connectivity index (χ3v) is 10.5. The van der Waals surface area contributed by atoms with Crippen molar-refractivity contribution in [3.05, 3.63) is 53.7 Å². The second kappa shape index (κ2) is 13.8. The van der Waals surface area contributed by atoms with Crippen molar-refractivity contribution >= 4 is 44.8 Å². The molecule has 5 rings (SSSR count). The fourth-order valence-corrected chi connectivity index (χ4v) is 7.43. The summed E-state index contributed by atoms with van der Waals surface area (Å²) in [5, 5.41) is 8.55. The summed E-state index contributed by atoms with van der Waals surface area (Å²) in [6.45, 7) is 14.6. The van der Waals surface area contributed by atoms with Crippen LogP contribution in [0.3, 0.4) is 0 Å². The summed E-state index contributed by atoms with van der Waals surface area (Å²) >= 11 is 1.41. The first-order valence-electron chi connectivity index (χ1n) is 16.0. The lowest BCUT2D eigenvalue weighted by Crippen LogP contribution is -2.42. The lowest BCUT2D eigenvalue weighted by Gasteiger charge is -2.33. The van der Waals surface area contributed by atoms with Crippen molar-refractivity contribution in [3.63, 3.8) is 0 Å². The van der Waals surface area contributed by atoms with E-state index in [9.17, 15) is 13.2 Å². The van der Waals surface area contributed by atoms with Crippen molar-refractivity contribution in [3.8, 4) is 21.8 Å². The highest BCUT2D eigenvalue weighted by molar-refractivity contribution is 7.92. The smallest absolute Gasteiger partial charge is 0.410 e. The number of nitrogens with one attached hydrogen (secondary N) is 2. The van der Waals surface area contributed by atoms with Crippen LogP contribution in [-0.4, -0.2) is 68.6 Å². The molecule has 1 aromatic carbocycles. The number of piperidine rings is 1. The second-order valence-corrected chi connectivity index (χ2v) is 16.7. The monoisotopic (exact) mass is 698 g/mol. The van der Waals surface area contributed by atoms with Crippen LogP contribution in [0.4, 0.5) is 26.5 Å². The maximum Gasteiger partial charge on any atom is 0.410 e. The number of ether oxygens (including phenoxy) is 1. The molecule has 0 spiro atoms. The van der Waals surface area contributed by atoms with Gasteiger partial charge in [-0.2, -0.15) is 5.10 Å². The Kier molecular flexibility index (Phi) is 10.1. The number of benzene rings is 1. The molecule has 12 nitrogen and oxygen atoms in total. The number of hydrogen-bond acceptors (Lipinski definition) is 10. The Hall–Kier alpha value is -4.11. The average Bonchev–Trinajstić information content (AvgIpc) is 3.66. The minimum Gasteiger partial charge on any atom is -0.444 e. The highest BCUT2D eigenvalue weighted by Gasteiger charge is 2.29. The molecule has 0 radical (unpaired) electrons. The summed E-state index contributed by atoms with van der Waals surface area (Å²) in [6, 6.07) is 6.46. The van der Waals surface area contributed by atoms with Crippen LogP contribution in [-0.2, 0) is 20.2 Å². The number of carbonyl (C=O) groups excluding carboxylic acids is 1. The van der Waals surface area contributed by atoms with Crippen LogP contribution in [0.25, 0.3) is 21.8 Å². The summed E-state index contributed by atoms with van der Waals surface area (Å²) in [6.07, 6.45) is 6.80. The van der Waals surface area contributed by atoms with Gasteiger partial charge in [0.25, 0.3) is 0 Å². The van der Waals surface area contributed by atoms with Crippen LogP contribution in [0.1, 0.15) is 78.8 Å². The Labute approximate surface area is 285 Å². The number of hydrogen-bond donors (Lipinski definition) is 2. The molecule has 0 unspecified atom stereocenters. The van der Waals surface area contributed by atoms with E-state index in [1.807, 2.05) is 52.4 Å². The van der Waals surface area contributed by atoms with Gasteiger partial charge in [-0.25, -0.2) is 32.6 Å². The normalized spacial score (nSPS) is 14.6. The molecule has 0 aliphatic carbocycles. The van der Waals surface area contributed by atoms with E-state index in [4.69, 9.17) is 14.7 Å². The summed E-state index contributed by atoms with van der Waals surface area (Å²) in [7, 11) is -3.70. The van der Waals surface area contributed by atoms with Gasteiger partial charge in [0, 0.05) is 36.5 Å². The van der Waals surface area contributed by atoms with Crippen molar-refractivity contribution in [2.75, 3.05) is 28.9 Å². The Morgan fingerprint density at radius 3 is 2.50 bits per heavy atom. The first-order chi connectivity index (χ1) is 22.5. The molecule has 1 aliphatic rings. The molecule has 0 bridgehead atoms. The van der Waals surface area contributed by atoms with Gasteiger partial charge in [0.15, 0.2) is 5.82 Å². The lowest BCUT2D eigenvalue weighted by molar-refractivity contribution is 0.0184. The summed E-state index contributed by atoms with van der Waals surface area (Å²) in [5.74, 6) is -0.499. The second-order valence-electron chi connectivity index (χ2n) is 13.8. The van der Waals surface area contributed by atoms with Gasteiger partial charge < -0.3 is 15.0 Å². The first kappa shape index (κ1) is 35.2. The van der Waals surface area contributed by atoms with E-state index in [0.29, 0.717) is 47.4 Å². The quantitative estimate of drug-likeness (QED) is 0.183. The van der Waals surface area contributed by atoms with Gasteiger partial charge in [0.1, 0.15) is 5.60 Å². The first-order valence-corrected chi connectivity index (χ1v) is 18.4. The molecule has 1 saturated heterocycles. The molecule has 2 N–H and O–H groups in total. The van der Waals surface area contributed by atoms with E-state index in [2.05, 4.69) is 20.1 Å². The van der Waals surface area contributed by atoms with Crippen LogP contribution in [0.2, 0.25) is 0 Å². The van der Waals surface area contributed by atoms with E-state index in [0.717, 1.165) is 17.8 Å². The van der Waals surface area contributed by atoms with Crippen molar-refractivity contribution in [1.82, 2.24) is 29.6 Å². The molecule has 1 amide bonds. The zero-order chi connectivity index (χ0) is 34.9. The number of thiazole rings is 1. The van der Waals surface area contributed by atoms with Crippen molar-refractivity contribution in [2.45, 2.75) is 84.8 Å². The molecular formula is C33H43FN8O4S2. The maximum atomic E-state index is 15.9. The van der Waals surface area contributed by atoms with Gasteiger partial charge in [-0.05, 0) is 58.2 Å². The lowest BCUT2D eigenvalue weighted by atomic mass is 9.98. The number of amides is 1. The Morgan fingerprint density at radius 2 is 1.83 bits per heavy atom. The Balaban J connectivity index is 1.37. The van der Waals surface area contributed by atoms with Crippen LogP contribution in [0.15, 0.2) is 42.9 Å². The molecule has 48 heavy (non-hydrogen) atoms. The number of sulfonamides is 1. The molecule has 1 aliphatic heterocycles. The topological polar surface area (TPSA) is 144 Å². The molecule has 0 saturated carbocycles. The summed E-state index contributed by atoms with van der Waals surface area (Å²) < 4.78 is 50.6. The standard InChI is InChI=1S/C33H43FN8O4S2/c1-8-18-48(44,45)40-24-11-9-10-23(26(24)34)27-28(47-29(39-27)32(2,3)4)25-12-15-35-30(38-25)37-21-19-36-42(20-21)22-13-16-41(17-14-22)31(43)46-33(5,6)7/h9-12,15,19-20,22,40H,8,13-14,16-18H2,1-7H3,(H,35,37,38).